The molecule has 0 bridgehead atoms. The predicted molar refractivity (Wildman–Crippen MR) is 244 cm³/mol. The zero-order chi connectivity index (χ0) is 45.5. The maximum Gasteiger partial charge on any atom is 0.408 e. The van der Waals surface area contributed by atoms with Crippen molar-refractivity contribution in [3.63, 3.8) is 0 Å². The van der Waals surface area contributed by atoms with Crippen molar-refractivity contribution in [2.75, 3.05) is 23.7 Å². The van der Waals surface area contributed by atoms with Gasteiger partial charge < -0.3 is 45.0 Å². The molecule has 334 valence electrons. The Morgan fingerprint density at radius 2 is 1.08 bits per heavy atom. The SMILES string of the molecule is CC(C)OC(=O)N[C@@H](C(=O)N1CCC[C@H]1C(=O)Nc1ccc(-c2oc3ccc(NC(=O)[C@@H]4CCCN4C(=O)[C@H](NC(=O)OC(C)C)c4ccccc4)cc3c2Br)cc1)c1ccccc1. The Kier molecular flexibility index (Phi) is 14.3. The van der Waals surface area contributed by atoms with E-state index in [-0.39, 0.29) is 24.0 Å². The summed E-state index contributed by atoms with van der Waals surface area (Å²) in [5, 5.41) is 12.0. The standard InChI is InChI=1S/C48H51BrN6O9/c1-28(2)62-47(60)52-40(30-13-7-5-8-14-30)45(58)54-25-11-17-36(54)43(56)50-33-21-19-32(20-22-33)42-39(49)35-27-34(23-24-38(35)64-42)51-44(57)37-18-12-26-55(37)46(59)41(31-15-9-6-10-16-31)53-48(61)63-29(3)4/h5-10,13-16,19-24,27-29,36-37,40-41H,11-12,17-18,25-26H2,1-4H3,(H,50,56)(H,51,57)(H,52,60)(H,53,61)/t36-,37-,40+,41+/m0/s1. The molecule has 0 spiro atoms. The molecule has 3 heterocycles. The lowest BCUT2D eigenvalue weighted by molar-refractivity contribution is -0.138. The van der Waals surface area contributed by atoms with Crippen molar-refractivity contribution in [3.05, 3.63) is 119 Å². The van der Waals surface area contributed by atoms with Gasteiger partial charge in [0.25, 0.3) is 11.8 Å². The van der Waals surface area contributed by atoms with Crippen LogP contribution in [0.3, 0.4) is 0 Å². The van der Waals surface area contributed by atoms with Gasteiger partial charge in [-0.05, 0) is 123 Å². The number of ether oxygens (including phenoxy) is 2. The Morgan fingerprint density at radius 3 is 1.55 bits per heavy atom. The van der Waals surface area contributed by atoms with Crippen LogP contribution in [0.15, 0.2) is 112 Å². The van der Waals surface area contributed by atoms with Gasteiger partial charge in [0.05, 0.1) is 16.7 Å². The molecule has 4 aromatic carbocycles. The van der Waals surface area contributed by atoms with Crippen molar-refractivity contribution >= 4 is 74.1 Å². The van der Waals surface area contributed by atoms with Crippen LogP contribution >= 0.6 is 15.9 Å². The van der Waals surface area contributed by atoms with Gasteiger partial charge in [-0.25, -0.2) is 9.59 Å². The van der Waals surface area contributed by atoms with Crippen molar-refractivity contribution in [2.24, 2.45) is 0 Å². The third-order valence-electron chi connectivity index (χ3n) is 11.0. The van der Waals surface area contributed by atoms with E-state index < -0.39 is 48.2 Å². The molecule has 5 aromatic rings. The number of likely N-dealkylation sites (tertiary alicyclic amines) is 2. The van der Waals surface area contributed by atoms with Crippen LogP contribution in [-0.2, 0) is 28.7 Å². The largest absolute Gasteiger partial charge is 0.455 e. The number of benzene rings is 4. The third-order valence-corrected chi connectivity index (χ3v) is 11.7. The molecule has 7 rings (SSSR count). The lowest BCUT2D eigenvalue weighted by Crippen LogP contribution is -2.48. The molecule has 64 heavy (non-hydrogen) atoms. The van der Waals surface area contributed by atoms with Crippen molar-refractivity contribution in [1.29, 1.82) is 0 Å². The highest BCUT2D eigenvalue weighted by Crippen LogP contribution is 2.39. The monoisotopic (exact) mass is 934 g/mol. The highest BCUT2D eigenvalue weighted by Gasteiger charge is 2.40. The Bertz CT molecular complexity index is 2500. The Balaban J connectivity index is 1.01. The maximum atomic E-state index is 14.0. The molecule has 4 N–H and O–H groups in total. The summed E-state index contributed by atoms with van der Waals surface area (Å²) in [7, 11) is 0. The number of nitrogens with one attached hydrogen (secondary N) is 4. The van der Waals surface area contributed by atoms with Gasteiger partial charge in [-0.15, -0.1) is 0 Å². The van der Waals surface area contributed by atoms with Crippen LogP contribution in [-0.4, -0.2) is 83.0 Å². The molecule has 0 radical (unpaired) electrons. The minimum atomic E-state index is -1.04. The molecular weight excluding hydrogens is 884 g/mol. The second kappa shape index (κ2) is 20.2. The number of nitrogens with zero attached hydrogens (tertiary/aromatic N) is 2. The number of fused-ring (bicyclic) bond motifs is 1. The fourth-order valence-corrected chi connectivity index (χ4v) is 8.64. The normalized spacial score (nSPS) is 16.9. The second-order valence-electron chi connectivity index (χ2n) is 16.3. The van der Waals surface area contributed by atoms with E-state index in [2.05, 4.69) is 37.2 Å². The number of hydrogen-bond acceptors (Lipinski definition) is 9. The molecule has 2 aliphatic heterocycles. The zero-order valence-corrected chi connectivity index (χ0v) is 37.6. The molecule has 6 amide bonds. The van der Waals surface area contributed by atoms with Crippen molar-refractivity contribution in [2.45, 2.75) is 89.8 Å². The van der Waals surface area contributed by atoms with E-state index in [0.29, 0.717) is 88.0 Å². The molecule has 2 aliphatic rings. The maximum absolute atomic E-state index is 14.0. The van der Waals surface area contributed by atoms with Gasteiger partial charge in [0.15, 0.2) is 0 Å². The van der Waals surface area contributed by atoms with Crippen molar-refractivity contribution < 1.29 is 42.7 Å². The number of amides is 6. The Morgan fingerprint density at radius 1 is 0.625 bits per heavy atom. The van der Waals surface area contributed by atoms with E-state index in [4.69, 9.17) is 13.9 Å². The predicted octanol–water partition coefficient (Wildman–Crippen LogP) is 8.47. The van der Waals surface area contributed by atoms with Crippen LogP contribution in [0.5, 0.6) is 0 Å². The van der Waals surface area contributed by atoms with Gasteiger partial charge in [-0.2, -0.15) is 0 Å². The summed E-state index contributed by atoms with van der Waals surface area (Å²) < 4.78 is 17.4. The van der Waals surface area contributed by atoms with E-state index in [9.17, 15) is 28.8 Å². The van der Waals surface area contributed by atoms with Crippen LogP contribution in [0.25, 0.3) is 22.3 Å². The van der Waals surface area contributed by atoms with Gasteiger partial charge in [-0.1, -0.05) is 60.7 Å². The first kappa shape index (κ1) is 45.3. The first-order chi connectivity index (χ1) is 30.8. The van der Waals surface area contributed by atoms with E-state index in [1.165, 1.54) is 9.80 Å². The molecule has 2 fully saturated rings. The fraction of sp³-hybridized carbons (Fsp3) is 0.333. The number of alkyl carbamates (subject to hydrolysis) is 2. The molecule has 16 heteroatoms. The molecule has 0 saturated carbocycles. The van der Waals surface area contributed by atoms with Gasteiger partial charge >= 0.3 is 12.2 Å². The van der Waals surface area contributed by atoms with Gasteiger partial charge in [-0.3, -0.25) is 19.2 Å². The van der Waals surface area contributed by atoms with Gasteiger partial charge in [0, 0.05) is 35.4 Å². The Hall–Kier alpha value is -6.68. The molecule has 2 saturated heterocycles. The summed E-state index contributed by atoms with van der Waals surface area (Å²) in [5.41, 5.74) is 3.45. The molecule has 0 aliphatic carbocycles. The quantitative estimate of drug-likeness (QED) is 0.0898. The summed E-state index contributed by atoms with van der Waals surface area (Å²) >= 11 is 3.69. The van der Waals surface area contributed by atoms with Crippen LogP contribution in [0.1, 0.15) is 76.6 Å². The molecule has 15 nitrogen and oxygen atoms in total. The number of hydrogen-bond donors (Lipinski definition) is 4. The summed E-state index contributed by atoms with van der Waals surface area (Å²) in [4.78, 5) is 83.7. The van der Waals surface area contributed by atoms with Crippen LogP contribution in [0, 0.1) is 0 Å². The molecule has 0 unspecified atom stereocenters. The zero-order valence-electron chi connectivity index (χ0n) is 36.0. The minimum Gasteiger partial charge on any atom is -0.455 e. The van der Waals surface area contributed by atoms with Crippen LogP contribution < -0.4 is 21.3 Å². The highest BCUT2D eigenvalue weighted by atomic mass is 79.9. The summed E-state index contributed by atoms with van der Waals surface area (Å²) in [6.07, 6.45) is -0.0695. The van der Waals surface area contributed by atoms with Crippen molar-refractivity contribution in [1.82, 2.24) is 20.4 Å². The first-order valence-electron chi connectivity index (χ1n) is 21.4. The fourth-order valence-electron chi connectivity index (χ4n) is 8.02. The molecule has 1 aromatic heterocycles. The van der Waals surface area contributed by atoms with E-state index in [1.54, 1.807) is 119 Å². The highest BCUT2D eigenvalue weighted by molar-refractivity contribution is 9.10. The number of carbonyl (C=O) groups is 6. The van der Waals surface area contributed by atoms with Crippen LogP contribution in [0.2, 0.25) is 0 Å². The van der Waals surface area contributed by atoms with Gasteiger partial charge in [0.2, 0.25) is 11.8 Å². The summed E-state index contributed by atoms with van der Waals surface area (Å²) in [5.74, 6) is -0.986. The van der Waals surface area contributed by atoms with Gasteiger partial charge in [0.1, 0.15) is 35.5 Å². The van der Waals surface area contributed by atoms with E-state index in [1.807, 2.05) is 12.1 Å². The smallest absolute Gasteiger partial charge is 0.408 e. The van der Waals surface area contributed by atoms with Crippen molar-refractivity contribution in [3.8, 4) is 11.3 Å². The van der Waals surface area contributed by atoms with E-state index >= 15 is 0 Å². The third kappa shape index (κ3) is 10.6. The number of carbonyl (C=O) groups excluding carboxylic acids is 6. The number of rotatable bonds is 13. The summed E-state index contributed by atoms with van der Waals surface area (Å²) in [6, 6.07) is 26.5. The van der Waals surface area contributed by atoms with E-state index in [0.717, 1.165) is 0 Å². The number of halogens is 1. The molecular formula is C48H51BrN6O9. The minimum absolute atomic E-state index is 0.348. The molecule has 4 atom stereocenters. The lowest BCUT2D eigenvalue weighted by Gasteiger charge is -2.29. The number of furan rings is 1. The average molecular weight is 936 g/mol. The second-order valence-corrected chi connectivity index (χ2v) is 17.1. The summed E-state index contributed by atoms with van der Waals surface area (Å²) in [6.45, 7) is 7.59. The lowest BCUT2D eigenvalue weighted by atomic mass is 10.0. The first-order valence-corrected chi connectivity index (χ1v) is 22.2. The van der Waals surface area contributed by atoms with Crippen LogP contribution in [0.4, 0.5) is 21.0 Å². The number of anilines is 2. The topological polar surface area (TPSA) is 189 Å². The Labute approximate surface area is 379 Å². The average Bonchev–Trinajstić information content (AvgIpc) is 4.05.